The van der Waals surface area contributed by atoms with Gasteiger partial charge in [-0.25, -0.2) is 9.48 Å². The summed E-state index contributed by atoms with van der Waals surface area (Å²) in [5.74, 6) is 3.42. The number of hydrogen-bond donors (Lipinski definition) is 2. The quantitative estimate of drug-likeness (QED) is 0.227. The van der Waals surface area contributed by atoms with Crippen LogP contribution in [0.25, 0.3) is 11.3 Å². The number of urea groups is 1. The summed E-state index contributed by atoms with van der Waals surface area (Å²) in [7, 11) is 0. The number of hydrogen-bond acceptors (Lipinski definition) is 5. The topological polar surface area (TPSA) is 98.4 Å². The molecule has 41 heavy (non-hydrogen) atoms. The molecule has 5 aromatic rings. The molecule has 0 unspecified atom stereocenters. The maximum atomic E-state index is 13.0. The number of amides is 2. The molecule has 3 heterocycles. The summed E-state index contributed by atoms with van der Waals surface area (Å²) in [5.41, 5.74) is 4.21. The fourth-order valence-corrected chi connectivity index (χ4v) is 5.15. The number of benzene rings is 2. The van der Waals surface area contributed by atoms with Crippen LogP contribution in [-0.4, -0.2) is 30.4 Å². The summed E-state index contributed by atoms with van der Waals surface area (Å²) in [4.78, 5) is 13.0. The first kappa shape index (κ1) is 26.6. The van der Waals surface area contributed by atoms with Gasteiger partial charge in [0.1, 0.15) is 23.1 Å². The second kappa shape index (κ2) is 10.7. The number of anilines is 2. The van der Waals surface area contributed by atoms with E-state index in [1.807, 2.05) is 84.3 Å². The third-order valence-corrected chi connectivity index (χ3v) is 7.47. The van der Waals surface area contributed by atoms with Crippen LogP contribution in [0.5, 0.6) is 11.5 Å². The third-order valence-electron chi connectivity index (χ3n) is 7.47. The largest absolute Gasteiger partial charge is 0.456 e. The smallest absolute Gasteiger partial charge is 0.324 e. The Morgan fingerprint density at radius 3 is 2.32 bits per heavy atom. The van der Waals surface area contributed by atoms with Crippen molar-refractivity contribution < 1.29 is 9.53 Å². The van der Waals surface area contributed by atoms with Crippen molar-refractivity contribution in [3.05, 3.63) is 90.0 Å². The standard InChI is InChI=1S/C32H35N7O2/c1-21-9-13-24(14-10-21)39-29(19-27(37-39)32(2,3)4)34-31(40)33-23-11-15-25(16-12-23)41-26-17-18-28-35-36-30(38(28)20-26)22-7-5-6-8-22/h9-20,22H,5-8H2,1-4H3,(H2,33,34,40). The molecule has 2 N–H and O–H groups in total. The second-order valence-electron chi connectivity index (χ2n) is 11.8. The average Bonchev–Trinajstić information content (AvgIpc) is 3.70. The lowest BCUT2D eigenvalue weighted by molar-refractivity contribution is 0.262. The van der Waals surface area contributed by atoms with Gasteiger partial charge >= 0.3 is 6.03 Å². The van der Waals surface area contributed by atoms with Gasteiger partial charge in [-0.15, -0.1) is 10.2 Å². The highest BCUT2D eigenvalue weighted by atomic mass is 16.5. The lowest BCUT2D eigenvalue weighted by Gasteiger charge is -2.14. The first-order valence-corrected chi connectivity index (χ1v) is 14.1. The van der Waals surface area contributed by atoms with Gasteiger partial charge in [-0.3, -0.25) is 9.72 Å². The van der Waals surface area contributed by atoms with E-state index < -0.39 is 0 Å². The molecule has 2 amide bonds. The molecule has 0 aliphatic heterocycles. The normalized spacial score (nSPS) is 14.0. The number of carbonyl (C=O) groups is 1. The lowest BCUT2D eigenvalue weighted by Crippen LogP contribution is -2.21. The van der Waals surface area contributed by atoms with Gasteiger partial charge in [0.05, 0.1) is 17.6 Å². The Hall–Kier alpha value is -4.66. The van der Waals surface area contributed by atoms with Crippen LogP contribution in [-0.2, 0) is 5.41 Å². The number of rotatable bonds is 6. The SMILES string of the molecule is Cc1ccc(-n2nc(C(C)(C)C)cc2NC(=O)Nc2ccc(Oc3ccc4nnc(C5CCCC5)n4c3)cc2)cc1. The predicted octanol–water partition coefficient (Wildman–Crippen LogP) is 7.61. The van der Waals surface area contributed by atoms with E-state index in [0.717, 1.165) is 41.3 Å². The van der Waals surface area contributed by atoms with Crippen LogP contribution in [0.1, 0.15) is 69.5 Å². The van der Waals surface area contributed by atoms with Gasteiger partial charge in [-0.1, -0.05) is 51.3 Å². The van der Waals surface area contributed by atoms with E-state index in [1.54, 1.807) is 4.68 Å². The Kier molecular flexibility index (Phi) is 6.95. The number of aryl methyl sites for hydroxylation is 1. The lowest BCUT2D eigenvalue weighted by atomic mass is 9.92. The van der Waals surface area contributed by atoms with E-state index in [2.05, 4.69) is 41.6 Å². The summed E-state index contributed by atoms with van der Waals surface area (Å²) < 4.78 is 9.93. The highest BCUT2D eigenvalue weighted by Crippen LogP contribution is 2.34. The highest BCUT2D eigenvalue weighted by molar-refractivity contribution is 5.99. The summed E-state index contributed by atoms with van der Waals surface area (Å²) >= 11 is 0. The van der Waals surface area contributed by atoms with Crippen LogP contribution in [0.2, 0.25) is 0 Å². The average molecular weight is 550 g/mol. The molecule has 0 spiro atoms. The Labute approximate surface area is 239 Å². The molecule has 1 saturated carbocycles. The minimum atomic E-state index is -0.357. The van der Waals surface area contributed by atoms with Crippen LogP contribution < -0.4 is 15.4 Å². The zero-order valence-electron chi connectivity index (χ0n) is 23.9. The van der Waals surface area contributed by atoms with Crippen LogP contribution in [0.4, 0.5) is 16.3 Å². The molecule has 3 aromatic heterocycles. The molecule has 0 saturated heterocycles. The summed E-state index contributed by atoms with van der Waals surface area (Å²) in [5, 5.41) is 19.4. The van der Waals surface area contributed by atoms with E-state index in [0.29, 0.717) is 28.9 Å². The van der Waals surface area contributed by atoms with Crippen molar-refractivity contribution in [2.75, 3.05) is 10.6 Å². The Morgan fingerprint density at radius 1 is 0.902 bits per heavy atom. The molecule has 1 aliphatic carbocycles. The van der Waals surface area contributed by atoms with E-state index in [9.17, 15) is 4.79 Å². The van der Waals surface area contributed by atoms with Gasteiger partial charge < -0.3 is 10.1 Å². The van der Waals surface area contributed by atoms with Crippen LogP contribution in [0, 0.1) is 6.92 Å². The van der Waals surface area contributed by atoms with E-state index in [4.69, 9.17) is 9.84 Å². The van der Waals surface area contributed by atoms with Gasteiger partial charge in [0.15, 0.2) is 5.65 Å². The van der Waals surface area contributed by atoms with Crippen LogP contribution in [0.3, 0.4) is 0 Å². The number of ether oxygens (including phenoxy) is 1. The van der Waals surface area contributed by atoms with Crippen molar-refractivity contribution in [1.29, 1.82) is 0 Å². The molecule has 0 bridgehead atoms. The third kappa shape index (κ3) is 5.79. The number of carbonyl (C=O) groups excluding carboxylic acids is 1. The van der Waals surface area contributed by atoms with Gasteiger partial charge in [0.2, 0.25) is 0 Å². The molecule has 0 radical (unpaired) electrons. The molecular formula is C32H35N7O2. The van der Waals surface area contributed by atoms with Crippen molar-refractivity contribution in [3.8, 4) is 17.2 Å². The maximum absolute atomic E-state index is 13.0. The zero-order valence-corrected chi connectivity index (χ0v) is 23.9. The summed E-state index contributed by atoms with van der Waals surface area (Å²) in [6, 6.07) is 20.7. The molecule has 1 fully saturated rings. The minimum absolute atomic E-state index is 0.171. The monoisotopic (exact) mass is 549 g/mol. The van der Waals surface area contributed by atoms with Crippen molar-refractivity contribution in [2.45, 2.75) is 64.7 Å². The molecule has 0 atom stereocenters. The number of aromatic nitrogens is 5. The fraction of sp³-hybridized carbons (Fsp3) is 0.312. The van der Waals surface area contributed by atoms with E-state index in [-0.39, 0.29) is 11.4 Å². The molecular weight excluding hydrogens is 514 g/mol. The summed E-state index contributed by atoms with van der Waals surface area (Å²) in [6.07, 6.45) is 6.73. The molecule has 1 aliphatic rings. The predicted molar refractivity (Wildman–Crippen MR) is 160 cm³/mol. The van der Waals surface area contributed by atoms with Gasteiger partial charge in [0, 0.05) is 23.1 Å². The molecule has 9 nitrogen and oxygen atoms in total. The van der Waals surface area contributed by atoms with E-state index in [1.165, 1.54) is 12.8 Å². The van der Waals surface area contributed by atoms with Crippen molar-refractivity contribution >= 4 is 23.2 Å². The van der Waals surface area contributed by atoms with Gasteiger partial charge in [-0.2, -0.15) is 5.10 Å². The number of nitrogens with one attached hydrogen (secondary N) is 2. The van der Waals surface area contributed by atoms with Crippen LogP contribution >= 0.6 is 0 Å². The number of fused-ring (bicyclic) bond motifs is 1. The zero-order chi connectivity index (χ0) is 28.6. The molecule has 2 aromatic carbocycles. The van der Waals surface area contributed by atoms with Crippen molar-refractivity contribution in [3.63, 3.8) is 0 Å². The fourth-order valence-electron chi connectivity index (χ4n) is 5.15. The first-order chi connectivity index (χ1) is 19.7. The van der Waals surface area contributed by atoms with Gasteiger partial charge in [0.25, 0.3) is 0 Å². The molecule has 6 rings (SSSR count). The van der Waals surface area contributed by atoms with Crippen molar-refractivity contribution in [1.82, 2.24) is 24.4 Å². The maximum Gasteiger partial charge on any atom is 0.324 e. The first-order valence-electron chi connectivity index (χ1n) is 14.1. The number of nitrogens with zero attached hydrogens (tertiary/aromatic N) is 5. The van der Waals surface area contributed by atoms with Crippen molar-refractivity contribution in [2.24, 2.45) is 0 Å². The van der Waals surface area contributed by atoms with Crippen LogP contribution in [0.15, 0.2) is 72.9 Å². The Bertz CT molecular complexity index is 1670. The Balaban J connectivity index is 1.14. The highest BCUT2D eigenvalue weighted by Gasteiger charge is 2.23. The minimum Gasteiger partial charge on any atom is -0.456 e. The number of pyridine rings is 1. The van der Waals surface area contributed by atoms with Gasteiger partial charge in [-0.05, 0) is 68.3 Å². The summed E-state index contributed by atoms with van der Waals surface area (Å²) in [6.45, 7) is 8.34. The molecule has 9 heteroatoms. The van der Waals surface area contributed by atoms with E-state index >= 15 is 0 Å². The Morgan fingerprint density at radius 2 is 1.61 bits per heavy atom. The molecule has 210 valence electrons. The second-order valence-corrected chi connectivity index (χ2v) is 11.8.